The van der Waals surface area contributed by atoms with Gasteiger partial charge >= 0.3 is 6.03 Å². The van der Waals surface area contributed by atoms with Crippen LogP contribution >= 0.6 is 0 Å². The number of unbranched alkanes of at least 4 members (excludes halogenated alkanes) is 1. The lowest BCUT2D eigenvalue weighted by molar-refractivity contribution is 0.229. The molecular weight excluding hydrogens is 316 g/mol. The Morgan fingerprint density at radius 2 is 1.64 bits per heavy atom. The second-order valence-electron chi connectivity index (χ2n) is 5.60. The minimum absolute atomic E-state index is 0.0600. The maximum absolute atomic E-state index is 11.9. The Labute approximate surface area is 149 Å². The minimum Gasteiger partial charge on any atom is -0.490 e. The fraction of sp³-hybridized carbons (Fsp3) is 0.350. The van der Waals surface area contributed by atoms with Crippen molar-refractivity contribution in [3.8, 4) is 11.5 Å². The number of carbonyl (C=O) groups excluding carboxylic acids is 1. The van der Waals surface area contributed by atoms with Crippen molar-refractivity contribution in [2.24, 2.45) is 0 Å². The van der Waals surface area contributed by atoms with Gasteiger partial charge in [-0.15, -0.1) is 0 Å². The number of carbonyl (C=O) groups is 1. The summed E-state index contributed by atoms with van der Waals surface area (Å²) in [7, 11) is 0. The second-order valence-corrected chi connectivity index (χ2v) is 5.60. The zero-order chi connectivity index (χ0) is 17.9. The molecule has 2 amide bonds. The summed E-state index contributed by atoms with van der Waals surface area (Å²) in [6.45, 7) is 4.71. The van der Waals surface area contributed by atoms with Gasteiger partial charge in [-0.25, -0.2) is 4.79 Å². The first-order chi connectivity index (χ1) is 12.2. The number of rotatable bonds is 9. The smallest absolute Gasteiger partial charge is 0.321 e. The summed E-state index contributed by atoms with van der Waals surface area (Å²) in [4.78, 5) is 11.9. The number of ether oxygens (including phenoxy) is 2. The monoisotopic (exact) mass is 342 g/mol. The molecule has 0 aromatic heterocycles. The Morgan fingerprint density at radius 3 is 2.28 bits per heavy atom. The van der Waals surface area contributed by atoms with Crippen LogP contribution in [0.1, 0.15) is 32.3 Å². The summed E-state index contributed by atoms with van der Waals surface area (Å²) in [5.74, 6) is 1.26. The van der Waals surface area contributed by atoms with E-state index in [9.17, 15) is 4.79 Å². The molecule has 0 bridgehead atoms. The number of aryl methyl sites for hydroxylation is 1. The summed E-state index contributed by atoms with van der Waals surface area (Å²) in [6.07, 6.45) is 3.42. The Bertz CT molecular complexity index is 656. The highest BCUT2D eigenvalue weighted by molar-refractivity contribution is 5.89. The number of hydrogen-bond acceptors (Lipinski definition) is 3. The molecule has 2 N–H and O–H groups in total. The third-order valence-electron chi connectivity index (χ3n) is 3.64. The maximum Gasteiger partial charge on any atom is 0.321 e. The molecular formula is C20H26N2O3. The Hall–Kier alpha value is -2.69. The summed E-state index contributed by atoms with van der Waals surface area (Å²) < 4.78 is 11.0. The van der Waals surface area contributed by atoms with E-state index in [0.29, 0.717) is 18.1 Å². The molecule has 25 heavy (non-hydrogen) atoms. The van der Waals surface area contributed by atoms with Gasteiger partial charge < -0.3 is 20.1 Å². The molecule has 0 spiro atoms. The molecule has 2 aromatic carbocycles. The number of nitrogens with one attached hydrogen (secondary N) is 2. The van der Waals surface area contributed by atoms with Crippen molar-refractivity contribution in [2.75, 3.05) is 18.7 Å². The minimum atomic E-state index is -0.310. The molecule has 134 valence electrons. The van der Waals surface area contributed by atoms with Gasteiger partial charge in [0, 0.05) is 5.69 Å². The molecule has 0 saturated carbocycles. The van der Waals surface area contributed by atoms with Crippen LogP contribution in [0.4, 0.5) is 10.5 Å². The average molecular weight is 342 g/mol. The number of urea groups is 1. The molecule has 0 unspecified atom stereocenters. The number of benzene rings is 2. The van der Waals surface area contributed by atoms with Crippen LogP contribution in [0.5, 0.6) is 11.5 Å². The third-order valence-corrected chi connectivity index (χ3v) is 3.64. The van der Waals surface area contributed by atoms with Gasteiger partial charge in [0.05, 0.1) is 6.61 Å². The van der Waals surface area contributed by atoms with Gasteiger partial charge in [-0.3, -0.25) is 0 Å². The van der Waals surface area contributed by atoms with Gasteiger partial charge in [-0.05, 0) is 49.6 Å². The van der Waals surface area contributed by atoms with Crippen molar-refractivity contribution in [3.05, 3.63) is 54.1 Å². The van der Waals surface area contributed by atoms with Crippen LogP contribution in [0, 0.1) is 0 Å². The Morgan fingerprint density at radius 1 is 0.960 bits per heavy atom. The lowest BCUT2D eigenvalue weighted by atomic mass is 10.1. The largest absolute Gasteiger partial charge is 0.490 e. The predicted molar refractivity (Wildman–Crippen MR) is 100 cm³/mol. The van der Waals surface area contributed by atoms with E-state index in [4.69, 9.17) is 9.47 Å². The summed E-state index contributed by atoms with van der Waals surface area (Å²) in [5.41, 5.74) is 2.04. The normalized spacial score (nSPS) is 10.2. The maximum atomic E-state index is 11.9. The van der Waals surface area contributed by atoms with Gasteiger partial charge in [0.25, 0.3) is 0 Å². The van der Waals surface area contributed by atoms with E-state index in [1.165, 1.54) is 18.4 Å². The van der Waals surface area contributed by atoms with Crippen molar-refractivity contribution < 1.29 is 14.3 Å². The van der Waals surface area contributed by atoms with Crippen LogP contribution in [-0.2, 0) is 6.42 Å². The molecule has 2 aromatic rings. The summed E-state index contributed by atoms with van der Waals surface area (Å²) in [6, 6.07) is 15.0. The van der Waals surface area contributed by atoms with Gasteiger partial charge in [0.1, 0.15) is 0 Å². The fourth-order valence-corrected chi connectivity index (χ4v) is 2.33. The third kappa shape index (κ3) is 6.37. The molecule has 5 nitrogen and oxygen atoms in total. The van der Waals surface area contributed by atoms with Crippen LogP contribution in [0.25, 0.3) is 0 Å². The van der Waals surface area contributed by atoms with E-state index in [1.807, 2.05) is 49.4 Å². The Balaban J connectivity index is 1.77. The van der Waals surface area contributed by atoms with Crippen LogP contribution in [0.3, 0.4) is 0 Å². The number of amides is 2. The topological polar surface area (TPSA) is 59.6 Å². The van der Waals surface area contributed by atoms with Gasteiger partial charge in [0.2, 0.25) is 0 Å². The van der Waals surface area contributed by atoms with Gasteiger partial charge in [-0.1, -0.05) is 37.6 Å². The quantitative estimate of drug-likeness (QED) is 0.656. The lowest BCUT2D eigenvalue weighted by Crippen LogP contribution is -2.32. The van der Waals surface area contributed by atoms with E-state index in [1.54, 1.807) is 6.07 Å². The highest BCUT2D eigenvalue weighted by Gasteiger charge is 2.05. The van der Waals surface area contributed by atoms with Gasteiger partial charge in [0.15, 0.2) is 18.2 Å². The average Bonchev–Trinajstić information content (AvgIpc) is 2.63. The number of hydrogen-bond donors (Lipinski definition) is 2. The van der Waals surface area contributed by atoms with E-state index in [0.717, 1.165) is 12.1 Å². The van der Waals surface area contributed by atoms with E-state index < -0.39 is 0 Å². The van der Waals surface area contributed by atoms with E-state index in [-0.39, 0.29) is 12.8 Å². The molecule has 0 aliphatic heterocycles. The fourth-order valence-electron chi connectivity index (χ4n) is 2.33. The SMILES string of the molecule is CCCCc1ccc(NC(=O)NCOc2ccccc2OCC)cc1. The molecule has 0 atom stereocenters. The Kier molecular flexibility index (Phi) is 7.63. The molecule has 0 saturated heterocycles. The second kappa shape index (κ2) is 10.2. The van der Waals surface area contributed by atoms with Crippen LogP contribution < -0.4 is 20.1 Å². The zero-order valence-electron chi connectivity index (χ0n) is 14.9. The first-order valence-electron chi connectivity index (χ1n) is 8.71. The predicted octanol–water partition coefficient (Wildman–Crippen LogP) is 4.59. The first kappa shape index (κ1) is 18.6. The number of para-hydroxylation sites is 2. The standard InChI is InChI=1S/C20H26N2O3/c1-3-5-8-16-11-13-17(14-12-16)22-20(23)21-15-25-19-10-7-6-9-18(19)24-4-2/h6-7,9-14H,3-5,8,15H2,1-2H3,(H2,21,22,23). The molecule has 2 rings (SSSR count). The summed E-state index contributed by atoms with van der Waals surface area (Å²) in [5, 5.41) is 5.46. The molecule has 0 radical (unpaired) electrons. The zero-order valence-corrected chi connectivity index (χ0v) is 14.9. The highest BCUT2D eigenvalue weighted by Crippen LogP contribution is 2.25. The molecule has 5 heteroatoms. The van der Waals surface area contributed by atoms with Crippen LogP contribution in [-0.4, -0.2) is 19.4 Å². The molecule has 0 fully saturated rings. The lowest BCUT2D eigenvalue weighted by Gasteiger charge is -2.12. The number of anilines is 1. The summed E-state index contributed by atoms with van der Waals surface area (Å²) >= 11 is 0. The van der Waals surface area contributed by atoms with Crippen molar-refractivity contribution in [2.45, 2.75) is 33.1 Å². The van der Waals surface area contributed by atoms with Gasteiger partial charge in [-0.2, -0.15) is 0 Å². The molecule has 0 heterocycles. The molecule has 0 aliphatic carbocycles. The highest BCUT2D eigenvalue weighted by atomic mass is 16.5. The van der Waals surface area contributed by atoms with Crippen molar-refractivity contribution in [3.63, 3.8) is 0 Å². The van der Waals surface area contributed by atoms with Crippen LogP contribution in [0.2, 0.25) is 0 Å². The first-order valence-corrected chi connectivity index (χ1v) is 8.71. The molecule has 0 aliphatic rings. The van der Waals surface area contributed by atoms with E-state index in [2.05, 4.69) is 17.6 Å². The van der Waals surface area contributed by atoms with Crippen molar-refractivity contribution in [1.82, 2.24) is 5.32 Å². The van der Waals surface area contributed by atoms with Crippen molar-refractivity contribution in [1.29, 1.82) is 0 Å². The van der Waals surface area contributed by atoms with Crippen molar-refractivity contribution >= 4 is 11.7 Å². The van der Waals surface area contributed by atoms with Crippen LogP contribution in [0.15, 0.2) is 48.5 Å². The van der Waals surface area contributed by atoms with E-state index >= 15 is 0 Å².